The molecule has 1 aromatic heterocycles. The Morgan fingerprint density at radius 3 is 2.76 bits per heavy atom. The molecule has 29 heavy (non-hydrogen) atoms. The Balaban J connectivity index is 0.00000300. The molecule has 1 aliphatic rings. The van der Waals surface area contributed by atoms with Gasteiger partial charge in [0.25, 0.3) is 0 Å². The highest BCUT2D eigenvalue weighted by atomic mass is 127. The Morgan fingerprint density at radius 1 is 1.34 bits per heavy atom. The minimum atomic E-state index is -0.0462. The monoisotopic (exact) mass is 531 g/mol. The fraction of sp³-hybridized carbons (Fsp3) is 0.524. The smallest absolute Gasteiger partial charge is 0.213 e. The molecule has 0 bridgehead atoms. The number of piperidine rings is 1. The van der Waals surface area contributed by atoms with Gasteiger partial charge < -0.3 is 20.0 Å². The average Bonchev–Trinajstić information content (AvgIpc) is 3.15. The summed E-state index contributed by atoms with van der Waals surface area (Å²) in [4.78, 5) is 11.0. The number of nitrogens with one attached hydrogen (secondary N) is 2. The maximum absolute atomic E-state index is 6.37. The first-order chi connectivity index (χ1) is 13.4. The van der Waals surface area contributed by atoms with Crippen molar-refractivity contribution >= 4 is 47.2 Å². The quantitative estimate of drug-likeness (QED) is 0.344. The zero-order valence-electron chi connectivity index (χ0n) is 17.5. The molecule has 0 amide bonds. The van der Waals surface area contributed by atoms with Crippen molar-refractivity contribution < 1.29 is 4.42 Å². The Kier molecular flexibility index (Phi) is 8.63. The van der Waals surface area contributed by atoms with E-state index in [0.717, 1.165) is 48.4 Å². The summed E-state index contributed by atoms with van der Waals surface area (Å²) < 4.78 is 5.84. The average molecular weight is 532 g/mol. The first-order valence-electron chi connectivity index (χ1n) is 9.78. The third-order valence-corrected chi connectivity index (χ3v) is 5.20. The van der Waals surface area contributed by atoms with Crippen molar-refractivity contribution in [3.05, 3.63) is 47.1 Å². The molecule has 2 N–H and O–H groups in total. The molecule has 0 saturated carbocycles. The van der Waals surface area contributed by atoms with Gasteiger partial charge in [0.05, 0.1) is 23.5 Å². The summed E-state index contributed by atoms with van der Waals surface area (Å²) in [6.45, 7) is 8.73. The topological polar surface area (TPSA) is 65.7 Å². The van der Waals surface area contributed by atoms with E-state index in [2.05, 4.69) is 52.3 Å². The predicted octanol–water partition coefficient (Wildman–Crippen LogP) is 4.58. The number of hydrogen-bond donors (Lipinski definition) is 2. The summed E-state index contributed by atoms with van der Waals surface area (Å²) in [6, 6.07) is 8.31. The predicted molar refractivity (Wildman–Crippen MR) is 131 cm³/mol. The standard InChI is InChI=1S/C21H30ClN5O.HI/c1-21(2,3)18-12-24-19(28-18)13-25-20(23-4)26-15-8-7-11-27(14-15)17-10-6-5-9-16(17)22;/h5-6,9-10,12,15H,7-8,11,13-14H2,1-4H3,(H2,23,25,26);1H. The second kappa shape index (κ2) is 10.5. The van der Waals surface area contributed by atoms with Crippen molar-refractivity contribution in [1.29, 1.82) is 0 Å². The molecule has 3 rings (SSSR count). The van der Waals surface area contributed by atoms with Gasteiger partial charge in [0, 0.05) is 31.6 Å². The van der Waals surface area contributed by atoms with Crippen molar-refractivity contribution in [2.24, 2.45) is 4.99 Å². The van der Waals surface area contributed by atoms with Crippen molar-refractivity contribution in [1.82, 2.24) is 15.6 Å². The van der Waals surface area contributed by atoms with E-state index >= 15 is 0 Å². The molecule has 1 unspecified atom stereocenters. The van der Waals surface area contributed by atoms with Crippen LogP contribution in [0.15, 0.2) is 39.9 Å². The summed E-state index contributed by atoms with van der Waals surface area (Å²) in [5.41, 5.74) is 1.04. The molecule has 160 valence electrons. The fourth-order valence-corrected chi connectivity index (χ4v) is 3.56. The van der Waals surface area contributed by atoms with Gasteiger partial charge in [-0.3, -0.25) is 4.99 Å². The molecule has 2 heterocycles. The van der Waals surface area contributed by atoms with Crippen molar-refractivity contribution in [3.8, 4) is 0 Å². The molecule has 1 aliphatic heterocycles. The number of aromatic nitrogens is 1. The molecule has 2 aromatic rings. The van der Waals surface area contributed by atoms with Crippen LogP contribution in [0.25, 0.3) is 0 Å². The lowest BCUT2D eigenvalue weighted by Crippen LogP contribution is -2.51. The van der Waals surface area contributed by atoms with Gasteiger partial charge in [-0.1, -0.05) is 44.5 Å². The van der Waals surface area contributed by atoms with Crippen molar-refractivity contribution in [3.63, 3.8) is 0 Å². The van der Waals surface area contributed by atoms with E-state index in [9.17, 15) is 0 Å². The second-order valence-electron chi connectivity index (χ2n) is 8.17. The van der Waals surface area contributed by atoms with Crippen LogP contribution in [-0.2, 0) is 12.0 Å². The number of rotatable bonds is 4. The molecule has 6 nitrogen and oxygen atoms in total. The third-order valence-electron chi connectivity index (χ3n) is 4.88. The van der Waals surface area contributed by atoms with E-state index < -0.39 is 0 Å². The van der Waals surface area contributed by atoms with Crippen molar-refractivity contribution in [2.45, 2.75) is 51.6 Å². The SMILES string of the molecule is CN=C(NCc1ncc(C(C)(C)C)o1)NC1CCCN(c2ccccc2Cl)C1.I. The van der Waals surface area contributed by atoms with Gasteiger partial charge in [0.1, 0.15) is 5.76 Å². The van der Waals surface area contributed by atoms with E-state index in [4.69, 9.17) is 16.0 Å². The van der Waals surface area contributed by atoms with E-state index in [-0.39, 0.29) is 29.4 Å². The summed E-state index contributed by atoms with van der Waals surface area (Å²) >= 11 is 6.37. The molecule has 1 saturated heterocycles. The number of aliphatic imine (C=N–C) groups is 1. The van der Waals surface area contributed by atoms with Crippen LogP contribution in [0, 0.1) is 0 Å². The summed E-state index contributed by atoms with van der Waals surface area (Å²) in [5.74, 6) is 2.30. The van der Waals surface area contributed by atoms with Crippen LogP contribution in [-0.4, -0.2) is 37.1 Å². The lowest BCUT2D eigenvalue weighted by atomic mass is 9.94. The van der Waals surface area contributed by atoms with Crippen LogP contribution in [0.2, 0.25) is 5.02 Å². The highest BCUT2D eigenvalue weighted by molar-refractivity contribution is 14.0. The molecule has 1 fully saturated rings. The number of halogens is 2. The maximum atomic E-state index is 6.37. The lowest BCUT2D eigenvalue weighted by Gasteiger charge is -2.35. The molecule has 8 heteroatoms. The van der Waals surface area contributed by atoms with E-state index in [1.807, 2.05) is 18.2 Å². The molecular formula is C21H31ClIN5O. The summed E-state index contributed by atoms with van der Waals surface area (Å²) in [6.07, 6.45) is 4.00. The Labute approximate surface area is 195 Å². The fourth-order valence-electron chi connectivity index (χ4n) is 3.31. The molecule has 1 atom stereocenters. The normalized spacial score (nSPS) is 17.6. The molecular weight excluding hydrogens is 501 g/mol. The Morgan fingerprint density at radius 2 is 2.10 bits per heavy atom. The highest BCUT2D eigenvalue weighted by Gasteiger charge is 2.23. The number of anilines is 1. The van der Waals surface area contributed by atoms with Crippen LogP contribution in [0.5, 0.6) is 0 Å². The number of nitrogens with zero attached hydrogens (tertiary/aromatic N) is 3. The lowest BCUT2D eigenvalue weighted by molar-refractivity contribution is 0.379. The Hall–Kier alpha value is -1.48. The summed E-state index contributed by atoms with van der Waals surface area (Å²) in [7, 11) is 1.78. The van der Waals surface area contributed by atoms with Crippen LogP contribution in [0.3, 0.4) is 0 Å². The molecule has 0 aliphatic carbocycles. The third kappa shape index (κ3) is 6.50. The number of benzene rings is 1. The first kappa shape index (κ1) is 23.8. The molecule has 1 aromatic carbocycles. The summed E-state index contributed by atoms with van der Waals surface area (Å²) in [5, 5.41) is 7.61. The number of oxazole rings is 1. The van der Waals surface area contributed by atoms with E-state index in [1.165, 1.54) is 0 Å². The molecule has 0 spiro atoms. The second-order valence-corrected chi connectivity index (χ2v) is 8.58. The van der Waals surface area contributed by atoms with Crippen molar-refractivity contribution in [2.75, 3.05) is 25.0 Å². The van der Waals surface area contributed by atoms with Crippen LogP contribution in [0.4, 0.5) is 5.69 Å². The number of hydrogen-bond acceptors (Lipinski definition) is 4. The maximum Gasteiger partial charge on any atom is 0.213 e. The van der Waals surface area contributed by atoms with Gasteiger partial charge in [-0.05, 0) is 25.0 Å². The van der Waals surface area contributed by atoms with Crippen LogP contribution >= 0.6 is 35.6 Å². The minimum Gasteiger partial charge on any atom is -0.443 e. The van der Waals surface area contributed by atoms with Gasteiger partial charge in [0.2, 0.25) is 5.89 Å². The van der Waals surface area contributed by atoms with Crippen LogP contribution in [0.1, 0.15) is 45.3 Å². The number of para-hydroxylation sites is 1. The van der Waals surface area contributed by atoms with Gasteiger partial charge in [-0.15, -0.1) is 24.0 Å². The van der Waals surface area contributed by atoms with Gasteiger partial charge in [-0.25, -0.2) is 4.98 Å². The van der Waals surface area contributed by atoms with Gasteiger partial charge >= 0.3 is 0 Å². The number of guanidine groups is 1. The zero-order chi connectivity index (χ0) is 20.1. The highest BCUT2D eigenvalue weighted by Crippen LogP contribution is 2.27. The molecule has 0 radical (unpaired) electrons. The Bertz CT molecular complexity index is 817. The van der Waals surface area contributed by atoms with Crippen LogP contribution < -0.4 is 15.5 Å². The first-order valence-corrected chi connectivity index (χ1v) is 10.2. The minimum absolute atomic E-state index is 0. The van der Waals surface area contributed by atoms with E-state index in [0.29, 0.717) is 18.5 Å². The zero-order valence-corrected chi connectivity index (χ0v) is 20.6. The van der Waals surface area contributed by atoms with E-state index in [1.54, 1.807) is 13.2 Å². The van der Waals surface area contributed by atoms with Gasteiger partial charge in [-0.2, -0.15) is 0 Å². The van der Waals surface area contributed by atoms with Gasteiger partial charge in [0.15, 0.2) is 5.96 Å². The largest absolute Gasteiger partial charge is 0.443 e.